The molecule has 1 N–H and O–H groups in total. The van der Waals surface area contributed by atoms with Crippen molar-refractivity contribution >= 4 is 23.8 Å². The third-order valence-corrected chi connectivity index (χ3v) is 3.55. The van der Waals surface area contributed by atoms with Crippen molar-refractivity contribution < 1.29 is 9.53 Å². The molecule has 0 aromatic carbocycles. The molecule has 0 radical (unpaired) electrons. The average molecular weight is 308 g/mol. The Bertz CT molecular complexity index is 461. The number of carbonyl (C=O) groups is 1. The van der Waals surface area contributed by atoms with Crippen LogP contribution in [0.25, 0.3) is 0 Å². The number of rotatable bonds is 5. The van der Waals surface area contributed by atoms with Crippen LogP contribution >= 0.6 is 12.6 Å². The van der Waals surface area contributed by atoms with Crippen LogP contribution in [0.3, 0.4) is 0 Å². The summed E-state index contributed by atoms with van der Waals surface area (Å²) in [6.45, 7) is 3.78. The standard InChI is InChI=1S/C16H24N2O2S/c1-12(18-16(19)21)11-14(15(17-2)20-3)10-9-13-7-5-4-6-8-13/h9-11,13H,1,4-8H2,2-3H3,(H2,18,19,21)/b10-9+,14-11-,17-15?. The van der Waals surface area contributed by atoms with E-state index in [1.54, 1.807) is 20.2 Å². The summed E-state index contributed by atoms with van der Waals surface area (Å²) in [4.78, 5) is 15.0. The summed E-state index contributed by atoms with van der Waals surface area (Å²) in [5.74, 6) is 1.11. The molecule has 4 nitrogen and oxygen atoms in total. The first-order valence-electron chi connectivity index (χ1n) is 7.16. The Morgan fingerprint density at radius 3 is 2.57 bits per heavy atom. The van der Waals surface area contributed by atoms with Gasteiger partial charge in [0.15, 0.2) is 0 Å². The fraction of sp³-hybridized carbons (Fsp3) is 0.500. The first kappa shape index (κ1) is 17.6. The minimum atomic E-state index is -0.445. The van der Waals surface area contributed by atoms with Gasteiger partial charge in [0, 0.05) is 18.3 Å². The number of aliphatic imine (C=N–C) groups is 1. The van der Waals surface area contributed by atoms with Crippen LogP contribution in [0.2, 0.25) is 0 Å². The summed E-state index contributed by atoms with van der Waals surface area (Å²) in [7, 11) is 3.24. The normalized spacial score (nSPS) is 17.9. The molecule has 1 rings (SSSR count). The van der Waals surface area contributed by atoms with Gasteiger partial charge in [-0.2, -0.15) is 0 Å². The van der Waals surface area contributed by atoms with Gasteiger partial charge in [-0.1, -0.05) is 50.6 Å². The van der Waals surface area contributed by atoms with Crippen molar-refractivity contribution in [2.45, 2.75) is 32.1 Å². The van der Waals surface area contributed by atoms with Crippen molar-refractivity contribution in [1.29, 1.82) is 0 Å². The Balaban J connectivity index is 2.86. The number of hydrogen-bond acceptors (Lipinski definition) is 3. The quantitative estimate of drug-likeness (QED) is 0.350. The molecule has 0 spiro atoms. The van der Waals surface area contributed by atoms with Crippen molar-refractivity contribution in [3.63, 3.8) is 0 Å². The summed E-state index contributed by atoms with van der Waals surface area (Å²) >= 11 is 3.67. The van der Waals surface area contributed by atoms with Crippen LogP contribution in [0.5, 0.6) is 0 Å². The summed E-state index contributed by atoms with van der Waals surface area (Å²) in [6.07, 6.45) is 12.3. The molecule has 5 heteroatoms. The van der Waals surface area contributed by atoms with Crippen LogP contribution < -0.4 is 5.32 Å². The minimum Gasteiger partial charge on any atom is -0.481 e. The monoisotopic (exact) mass is 308 g/mol. The first-order chi connectivity index (χ1) is 10.1. The van der Waals surface area contributed by atoms with Crippen LogP contribution in [0.1, 0.15) is 32.1 Å². The third-order valence-electron chi connectivity index (χ3n) is 3.44. The molecule has 0 aromatic heterocycles. The van der Waals surface area contributed by atoms with E-state index < -0.39 is 5.24 Å². The lowest BCUT2D eigenvalue weighted by Crippen LogP contribution is -2.15. The van der Waals surface area contributed by atoms with Gasteiger partial charge in [-0.05, 0) is 24.8 Å². The molecule has 0 unspecified atom stereocenters. The molecule has 0 aromatic rings. The van der Waals surface area contributed by atoms with Crippen LogP contribution in [0.15, 0.2) is 41.1 Å². The van der Waals surface area contributed by atoms with E-state index in [-0.39, 0.29) is 0 Å². The van der Waals surface area contributed by atoms with E-state index in [9.17, 15) is 4.79 Å². The van der Waals surface area contributed by atoms with Gasteiger partial charge in [-0.15, -0.1) is 0 Å². The predicted molar refractivity (Wildman–Crippen MR) is 90.8 cm³/mol. The Morgan fingerprint density at radius 1 is 1.38 bits per heavy atom. The van der Waals surface area contributed by atoms with E-state index in [0.717, 1.165) is 5.57 Å². The van der Waals surface area contributed by atoms with Crippen molar-refractivity contribution in [3.05, 3.63) is 36.1 Å². The highest BCUT2D eigenvalue weighted by Crippen LogP contribution is 2.25. The van der Waals surface area contributed by atoms with Crippen LogP contribution in [0, 0.1) is 5.92 Å². The van der Waals surface area contributed by atoms with Crippen molar-refractivity contribution in [3.8, 4) is 0 Å². The molecule has 0 atom stereocenters. The number of allylic oxidation sites excluding steroid dienone is 2. The number of nitrogens with zero attached hydrogens (tertiary/aromatic N) is 1. The molecule has 1 aliphatic rings. The van der Waals surface area contributed by atoms with Gasteiger partial charge >= 0.3 is 0 Å². The SMILES string of the molecule is C=C(/C=C(/C=C/C1CCCCC1)C(=NC)OC)NC(=O)S. The Hall–Kier alpha value is -1.49. The van der Waals surface area contributed by atoms with E-state index in [0.29, 0.717) is 17.5 Å². The highest BCUT2D eigenvalue weighted by atomic mass is 32.1. The number of carbonyl (C=O) groups excluding carboxylic acids is 1. The zero-order chi connectivity index (χ0) is 15.7. The van der Waals surface area contributed by atoms with Gasteiger partial charge in [-0.3, -0.25) is 9.79 Å². The number of thiol groups is 1. The molecule has 0 saturated heterocycles. The number of hydrogen-bond donors (Lipinski definition) is 2. The summed E-state index contributed by atoms with van der Waals surface area (Å²) in [6, 6.07) is 0. The molecule has 1 amide bonds. The molecule has 0 aliphatic heterocycles. The highest BCUT2D eigenvalue weighted by molar-refractivity contribution is 7.96. The highest BCUT2D eigenvalue weighted by Gasteiger charge is 2.11. The number of amides is 1. The second-order valence-electron chi connectivity index (χ2n) is 5.05. The lowest BCUT2D eigenvalue weighted by molar-refractivity contribution is 0.263. The van der Waals surface area contributed by atoms with Crippen molar-refractivity contribution in [2.75, 3.05) is 14.2 Å². The third kappa shape index (κ3) is 6.67. The summed E-state index contributed by atoms with van der Waals surface area (Å²) in [5, 5.41) is 2.08. The fourth-order valence-corrected chi connectivity index (χ4v) is 2.59. The number of nitrogens with one attached hydrogen (secondary N) is 1. The summed E-state index contributed by atoms with van der Waals surface area (Å²) < 4.78 is 5.26. The molecule has 116 valence electrons. The molecular weight excluding hydrogens is 284 g/mol. The first-order valence-corrected chi connectivity index (χ1v) is 7.61. The topological polar surface area (TPSA) is 50.7 Å². The predicted octanol–water partition coefficient (Wildman–Crippen LogP) is 3.88. The van der Waals surface area contributed by atoms with Crippen molar-refractivity contribution in [2.24, 2.45) is 10.9 Å². The van der Waals surface area contributed by atoms with Gasteiger partial charge in [0.1, 0.15) is 0 Å². The molecule has 1 aliphatic carbocycles. The van der Waals surface area contributed by atoms with Gasteiger partial charge in [0.2, 0.25) is 5.90 Å². The van der Waals surface area contributed by atoms with E-state index in [4.69, 9.17) is 4.74 Å². The second-order valence-corrected chi connectivity index (χ2v) is 5.45. The molecule has 0 bridgehead atoms. The summed E-state index contributed by atoms with van der Waals surface area (Å²) in [5.41, 5.74) is 1.24. The fourth-order valence-electron chi connectivity index (χ4n) is 2.45. The van der Waals surface area contributed by atoms with Crippen LogP contribution in [0.4, 0.5) is 4.79 Å². The maximum atomic E-state index is 10.9. The number of ether oxygens (including phenoxy) is 1. The maximum absolute atomic E-state index is 10.9. The van der Waals surface area contributed by atoms with E-state index >= 15 is 0 Å². The van der Waals surface area contributed by atoms with E-state index in [2.05, 4.69) is 35.6 Å². The molecule has 21 heavy (non-hydrogen) atoms. The molecular formula is C16H24N2O2S. The number of methoxy groups -OCH3 is 1. The van der Waals surface area contributed by atoms with Gasteiger partial charge < -0.3 is 10.1 Å². The van der Waals surface area contributed by atoms with Gasteiger partial charge in [-0.25, -0.2) is 0 Å². The zero-order valence-electron chi connectivity index (χ0n) is 12.8. The Labute approximate surface area is 132 Å². The Kier molecular flexibility index (Phi) is 7.90. The molecule has 0 heterocycles. The minimum absolute atomic E-state index is 0.445. The molecule has 1 saturated carbocycles. The average Bonchev–Trinajstić information content (AvgIpc) is 2.46. The Morgan fingerprint density at radius 2 is 2.05 bits per heavy atom. The van der Waals surface area contributed by atoms with Crippen LogP contribution in [-0.4, -0.2) is 25.3 Å². The second kappa shape index (κ2) is 9.45. The van der Waals surface area contributed by atoms with Crippen molar-refractivity contribution in [1.82, 2.24) is 5.32 Å². The maximum Gasteiger partial charge on any atom is 0.280 e. The smallest absolute Gasteiger partial charge is 0.280 e. The van der Waals surface area contributed by atoms with E-state index in [1.807, 2.05) is 6.08 Å². The van der Waals surface area contributed by atoms with Crippen LogP contribution in [-0.2, 0) is 4.74 Å². The van der Waals surface area contributed by atoms with Gasteiger partial charge in [0.05, 0.1) is 7.11 Å². The molecule has 1 fully saturated rings. The lowest BCUT2D eigenvalue weighted by Gasteiger charge is -2.18. The zero-order valence-corrected chi connectivity index (χ0v) is 13.7. The lowest BCUT2D eigenvalue weighted by atomic mass is 9.88. The van der Waals surface area contributed by atoms with Gasteiger partial charge in [0.25, 0.3) is 5.24 Å². The van der Waals surface area contributed by atoms with E-state index in [1.165, 1.54) is 32.1 Å². The largest absolute Gasteiger partial charge is 0.481 e.